The number of fused-ring (bicyclic) bond motifs is 1. The number of aromatic nitrogens is 1. The van der Waals surface area contributed by atoms with Crippen molar-refractivity contribution in [3.63, 3.8) is 0 Å². The zero-order valence-corrected chi connectivity index (χ0v) is 11.4. The molecule has 0 aliphatic heterocycles. The summed E-state index contributed by atoms with van der Waals surface area (Å²) in [6.07, 6.45) is 1.70. The molecule has 1 aromatic heterocycles. The first-order valence-corrected chi connectivity index (χ1v) is 6.42. The van der Waals surface area contributed by atoms with Crippen LogP contribution in [-0.4, -0.2) is 11.2 Å². The van der Waals surface area contributed by atoms with E-state index in [0.29, 0.717) is 5.89 Å². The van der Waals surface area contributed by atoms with Crippen LogP contribution in [0.3, 0.4) is 0 Å². The summed E-state index contributed by atoms with van der Waals surface area (Å²) in [6, 6.07) is 16.0. The minimum atomic E-state index is 0.197. The quantitative estimate of drug-likeness (QED) is 0.587. The van der Waals surface area contributed by atoms with Crippen molar-refractivity contribution in [2.24, 2.45) is 5.10 Å². The number of oxazole rings is 1. The van der Waals surface area contributed by atoms with Crippen LogP contribution in [0.15, 0.2) is 52.0 Å². The molecule has 0 saturated heterocycles. The minimum absolute atomic E-state index is 0.197. The van der Waals surface area contributed by atoms with Gasteiger partial charge < -0.3 is 4.42 Å². The van der Waals surface area contributed by atoms with Crippen molar-refractivity contribution in [3.05, 3.63) is 59.6 Å². The number of anilines is 1. The number of rotatable bonds is 3. The van der Waals surface area contributed by atoms with Gasteiger partial charge in [0.15, 0.2) is 5.89 Å². The van der Waals surface area contributed by atoms with Crippen molar-refractivity contribution >= 4 is 22.9 Å². The SMILES string of the molecule is Cc1nc(C#N)c(N/N=C/c2cccc3ccccc23)o1. The normalized spacial score (nSPS) is 10.9. The van der Waals surface area contributed by atoms with E-state index in [2.05, 4.69) is 15.5 Å². The summed E-state index contributed by atoms with van der Waals surface area (Å²) >= 11 is 0. The average Bonchev–Trinajstić information content (AvgIpc) is 2.87. The second-order valence-electron chi connectivity index (χ2n) is 4.46. The van der Waals surface area contributed by atoms with E-state index in [-0.39, 0.29) is 11.6 Å². The van der Waals surface area contributed by atoms with Crippen molar-refractivity contribution in [3.8, 4) is 6.07 Å². The Bertz CT molecular complexity index is 853. The van der Waals surface area contributed by atoms with E-state index < -0.39 is 0 Å². The van der Waals surface area contributed by atoms with Crippen LogP contribution in [0.2, 0.25) is 0 Å². The molecule has 102 valence electrons. The Morgan fingerprint density at radius 1 is 1.24 bits per heavy atom. The van der Waals surface area contributed by atoms with Crippen LogP contribution in [-0.2, 0) is 0 Å². The molecule has 0 saturated carbocycles. The molecule has 3 aromatic rings. The fourth-order valence-corrected chi connectivity index (χ4v) is 2.10. The lowest BCUT2D eigenvalue weighted by atomic mass is 10.1. The Hall–Kier alpha value is -3.13. The third-order valence-corrected chi connectivity index (χ3v) is 3.03. The number of aryl methyl sites for hydroxylation is 1. The molecular formula is C16H12N4O. The van der Waals surface area contributed by atoms with Crippen LogP contribution in [0.1, 0.15) is 17.1 Å². The summed E-state index contributed by atoms with van der Waals surface area (Å²) in [4.78, 5) is 3.94. The number of benzene rings is 2. The van der Waals surface area contributed by atoms with E-state index in [4.69, 9.17) is 9.68 Å². The smallest absolute Gasteiger partial charge is 0.252 e. The third-order valence-electron chi connectivity index (χ3n) is 3.03. The molecule has 21 heavy (non-hydrogen) atoms. The summed E-state index contributed by atoms with van der Waals surface area (Å²) in [5, 5.41) is 15.3. The van der Waals surface area contributed by atoms with E-state index in [1.807, 2.05) is 48.5 Å². The predicted octanol–water partition coefficient (Wildman–Crippen LogP) is 3.45. The number of hydrazone groups is 1. The molecule has 2 aromatic carbocycles. The molecule has 0 fully saturated rings. The summed E-state index contributed by atoms with van der Waals surface area (Å²) in [7, 11) is 0. The van der Waals surface area contributed by atoms with Gasteiger partial charge in [-0.15, -0.1) is 0 Å². The van der Waals surface area contributed by atoms with Gasteiger partial charge >= 0.3 is 0 Å². The number of nitrogens with one attached hydrogen (secondary N) is 1. The highest BCUT2D eigenvalue weighted by Crippen LogP contribution is 2.18. The van der Waals surface area contributed by atoms with Crippen LogP contribution in [0.4, 0.5) is 5.88 Å². The Morgan fingerprint density at radius 2 is 2.05 bits per heavy atom. The maximum Gasteiger partial charge on any atom is 0.252 e. The first-order valence-electron chi connectivity index (χ1n) is 6.42. The predicted molar refractivity (Wildman–Crippen MR) is 81.1 cm³/mol. The van der Waals surface area contributed by atoms with Crippen molar-refractivity contribution in [1.82, 2.24) is 4.98 Å². The monoisotopic (exact) mass is 276 g/mol. The Kier molecular flexibility index (Phi) is 3.36. The van der Waals surface area contributed by atoms with Crippen LogP contribution in [0, 0.1) is 18.3 Å². The number of hydrogen-bond acceptors (Lipinski definition) is 5. The second-order valence-corrected chi connectivity index (χ2v) is 4.46. The lowest BCUT2D eigenvalue weighted by molar-refractivity contribution is 0.533. The average molecular weight is 276 g/mol. The van der Waals surface area contributed by atoms with Gasteiger partial charge in [0.25, 0.3) is 5.88 Å². The molecule has 5 heteroatoms. The van der Waals surface area contributed by atoms with Crippen molar-refractivity contribution in [1.29, 1.82) is 5.26 Å². The highest BCUT2D eigenvalue weighted by atomic mass is 16.4. The van der Waals surface area contributed by atoms with Crippen molar-refractivity contribution in [2.75, 3.05) is 5.43 Å². The van der Waals surface area contributed by atoms with Gasteiger partial charge in [-0.3, -0.25) is 0 Å². The Balaban J connectivity index is 1.87. The van der Waals surface area contributed by atoms with Crippen molar-refractivity contribution < 1.29 is 4.42 Å². The van der Waals surface area contributed by atoms with E-state index in [0.717, 1.165) is 16.3 Å². The summed E-state index contributed by atoms with van der Waals surface area (Å²) in [5.41, 5.74) is 3.89. The number of nitriles is 1. The number of nitrogens with zero attached hydrogens (tertiary/aromatic N) is 3. The van der Waals surface area contributed by atoms with Crippen LogP contribution >= 0.6 is 0 Å². The molecule has 1 N–H and O–H groups in total. The van der Waals surface area contributed by atoms with E-state index >= 15 is 0 Å². The lowest BCUT2D eigenvalue weighted by Gasteiger charge is -2.01. The summed E-state index contributed by atoms with van der Waals surface area (Å²) in [6.45, 7) is 1.68. The van der Waals surface area contributed by atoms with Gasteiger partial charge in [0.1, 0.15) is 6.07 Å². The molecule has 0 radical (unpaired) electrons. The topological polar surface area (TPSA) is 74.2 Å². The van der Waals surface area contributed by atoms with Crippen LogP contribution < -0.4 is 5.43 Å². The van der Waals surface area contributed by atoms with Gasteiger partial charge in [0.05, 0.1) is 6.21 Å². The molecule has 0 amide bonds. The van der Waals surface area contributed by atoms with Gasteiger partial charge in [-0.2, -0.15) is 10.4 Å². The van der Waals surface area contributed by atoms with Gasteiger partial charge in [-0.1, -0.05) is 42.5 Å². The molecule has 1 heterocycles. The fourth-order valence-electron chi connectivity index (χ4n) is 2.10. The van der Waals surface area contributed by atoms with Gasteiger partial charge in [-0.05, 0) is 10.8 Å². The highest BCUT2D eigenvalue weighted by Gasteiger charge is 2.08. The summed E-state index contributed by atoms with van der Waals surface area (Å²) in [5.74, 6) is 0.681. The standard InChI is InChI=1S/C16H12N4O/c1-11-19-15(9-17)16(21-11)20-18-10-13-7-4-6-12-5-2-3-8-14(12)13/h2-8,10,20H,1H3/b18-10+. The molecule has 0 spiro atoms. The molecule has 3 rings (SSSR count). The highest BCUT2D eigenvalue weighted by molar-refractivity contribution is 5.99. The first-order chi connectivity index (χ1) is 10.3. The van der Waals surface area contributed by atoms with E-state index in [9.17, 15) is 0 Å². The fraction of sp³-hybridized carbons (Fsp3) is 0.0625. The van der Waals surface area contributed by atoms with E-state index in [1.54, 1.807) is 13.1 Å². The molecule has 0 atom stereocenters. The maximum absolute atomic E-state index is 8.93. The Morgan fingerprint density at radius 3 is 2.90 bits per heavy atom. The van der Waals surface area contributed by atoms with E-state index in [1.165, 1.54) is 0 Å². The zero-order chi connectivity index (χ0) is 14.7. The van der Waals surface area contributed by atoms with Gasteiger partial charge in [0, 0.05) is 12.5 Å². The zero-order valence-electron chi connectivity index (χ0n) is 11.4. The maximum atomic E-state index is 8.93. The molecule has 0 bridgehead atoms. The largest absolute Gasteiger partial charge is 0.422 e. The first kappa shape index (κ1) is 12.9. The minimum Gasteiger partial charge on any atom is -0.422 e. The van der Waals surface area contributed by atoms with Crippen LogP contribution in [0.5, 0.6) is 0 Å². The van der Waals surface area contributed by atoms with Crippen molar-refractivity contribution in [2.45, 2.75) is 6.92 Å². The second kappa shape index (κ2) is 5.47. The molecule has 0 aliphatic carbocycles. The summed E-state index contributed by atoms with van der Waals surface area (Å²) < 4.78 is 5.27. The van der Waals surface area contributed by atoms with Gasteiger partial charge in [0.2, 0.25) is 5.69 Å². The molecular weight excluding hydrogens is 264 g/mol. The Labute approximate surface area is 121 Å². The third kappa shape index (κ3) is 2.60. The van der Waals surface area contributed by atoms with Gasteiger partial charge in [-0.25, -0.2) is 10.4 Å². The lowest BCUT2D eigenvalue weighted by Crippen LogP contribution is -1.92. The molecule has 5 nitrogen and oxygen atoms in total. The number of hydrogen-bond donors (Lipinski definition) is 1. The van der Waals surface area contributed by atoms with Crippen LogP contribution in [0.25, 0.3) is 10.8 Å². The molecule has 0 aliphatic rings. The molecule has 0 unspecified atom stereocenters.